The van der Waals surface area contributed by atoms with Crippen LogP contribution in [-0.4, -0.2) is 59.9 Å². The predicted molar refractivity (Wildman–Crippen MR) is 554 cm³/mol. The van der Waals surface area contributed by atoms with Crippen LogP contribution in [0.4, 0.5) is 0 Å². The molecule has 13 nitrogen and oxygen atoms in total. The van der Waals surface area contributed by atoms with Crippen LogP contribution in [0.1, 0.15) is 326 Å². The van der Waals surface area contributed by atoms with Gasteiger partial charge in [0.05, 0.1) is 0 Å². The quantitative estimate of drug-likeness (QED) is 0.0230. The first kappa shape index (κ1) is 127. The molecule has 0 radical (unpaired) electrons. The first-order valence-corrected chi connectivity index (χ1v) is 45.5. The summed E-state index contributed by atoms with van der Waals surface area (Å²) in [5.74, 6) is -0.353. The number of carboxylic acids is 1. The van der Waals surface area contributed by atoms with Crippen LogP contribution in [0.15, 0.2) is 266 Å². The number of aryl methyl sites for hydroxylation is 2. The Labute approximate surface area is 771 Å². The average Bonchev–Trinajstić information content (AvgIpc) is 0.864. The molecular weight excluding hydrogens is 1550 g/mol. The number of nitrogens with one attached hydrogen (secondary N) is 3. The lowest BCUT2D eigenvalue weighted by molar-refractivity contribution is -0.137. The zero-order valence-electron chi connectivity index (χ0n) is 85.7. The zero-order chi connectivity index (χ0) is 95.7. The van der Waals surface area contributed by atoms with E-state index in [9.17, 15) is 19.2 Å². The van der Waals surface area contributed by atoms with E-state index in [0.717, 1.165) is 19.3 Å². The third kappa shape index (κ3) is 71.2. The Morgan fingerprint density at radius 3 is 0.841 bits per heavy atom. The molecule has 2 atom stereocenters. The molecule has 0 bridgehead atoms. The fourth-order valence-electron chi connectivity index (χ4n) is 11.9. The fourth-order valence-corrected chi connectivity index (χ4v) is 11.9. The number of guanidine groups is 1. The summed E-state index contributed by atoms with van der Waals surface area (Å²) in [4.78, 5) is 49.6. The molecule has 126 heavy (non-hydrogen) atoms. The second kappa shape index (κ2) is 71.1. The van der Waals surface area contributed by atoms with E-state index in [1.807, 2.05) is 53.7 Å². The average molecular weight is 1730 g/mol. The maximum absolute atomic E-state index is 12.3. The smallest absolute Gasteiger partial charge is 0.303 e. The van der Waals surface area contributed by atoms with Gasteiger partial charge in [-0.1, -0.05) is 469 Å². The van der Waals surface area contributed by atoms with Crippen molar-refractivity contribution in [2.45, 2.75) is 326 Å². The second-order valence-electron chi connectivity index (χ2n) is 37.8. The van der Waals surface area contributed by atoms with Crippen molar-refractivity contribution in [1.29, 1.82) is 0 Å². The second-order valence-corrected chi connectivity index (χ2v) is 37.8. The van der Waals surface area contributed by atoms with E-state index in [1.54, 1.807) is 0 Å². The molecule has 9 aromatic rings. The van der Waals surface area contributed by atoms with Crippen LogP contribution in [0.2, 0.25) is 0 Å². The van der Waals surface area contributed by atoms with Crippen LogP contribution in [0.3, 0.4) is 0 Å². The van der Waals surface area contributed by atoms with Crippen molar-refractivity contribution in [1.82, 2.24) is 28.3 Å². The molecule has 0 aromatic heterocycles. The molecule has 0 spiro atoms. The third-order valence-electron chi connectivity index (χ3n) is 18.0. The van der Waals surface area contributed by atoms with E-state index >= 15 is 0 Å². The van der Waals surface area contributed by atoms with Gasteiger partial charge >= 0.3 is 5.97 Å². The van der Waals surface area contributed by atoms with Crippen molar-refractivity contribution in [3.63, 3.8) is 0 Å². The van der Waals surface area contributed by atoms with Crippen LogP contribution in [0.25, 0.3) is 0 Å². The Balaban J connectivity index is -0.000000321. The summed E-state index contributed by atoms with van der Waals surface area (Å²) in [6.07, 6.45) is 4.49. The molecule has 0 aliphatic heterocycles. The molecule has 3 amide bonds. The van der Waals surface area contributed by atoms with Gasteiger partial charge in [0, 0.05) is 26.4 Å². The number of nitrogens with zero attached hydrogens (tertiary/aromatic N) is 1. The molecule has 9 aromatic carbocycles. The van der Waals surface area contributed by atoms with Gasteiger partial charge in [0.2, 0.25) is 17.7 Å². The van der Waals surface area contributed by atoms with Gasteiger partial charge in [-0.3, -0.25) is 24.2 Å². The van der Waals surface area contributed by atoms with Gasteiger partial charge < -0.3 is 44.8 Å². The SMILES string of the molecule is CC.CC.CC.CC(=O)N[C@H](CCCN=C(N)N)C(=O)N[C@H](C)C(=O)NCCCC(=O)O.CC(C)(C)Cc1ccccc1.CC(C)(C)Cc1ccccc1.CC(C)(C)Cc1ccccc1.CC(C)(C)c1ccccc1.CC(C)(C)c1ccccc1.CC(C)(C)c1ccccc1.CC(C)c1ccccc1.CC(C)c1ccccc1.Cc1cccc(C)c1C(C)C.N.N. The molecule has 0 fully saturated rings. The molecule has 0 saturated heterocycles. The number of hydrogen-bond donors (Lipinski definition) is 8. The van der Waals surface area contributed by atoms with Gasteiger partial charge in [-0.2, -0.15) is 0 Å². The number of nitrogens with two attached hydrogens (primary N) is 2. The highest BCUT2D eigenvalue weighted by Gasteiger charge is 2.24. The van der Waals surface area contributed by atoms with Crippen LogP contribution in [0.5, 0.6) is 0 Å². The van der Waals surface area contributed by atoms with Crippen LogP contribution in [0, 0.1) is 30.1 Å². The van der Waals surface area contributed by atoms with Crippen molar-refractivity contribution in [3.05, 3.63) is 322 Å². The molecule has 0 aliphatic carbocycles. The van der Waals surface area contributed by atoms with Gasteiger partial charge in [-0.05, 0) is 171 Å². The number of carboxylic acid groups (broad SMARTS) is 1. The third-order valence-corrected chi connectivity index (χ3v) is 18.0. The molecule has 9 rings (SSSR count). The lowest BCUT2D eigenvalue weighted by Gasteiger charge is -2.20. The number of carbonyl (C=O) groups excluding carboxylic acids is 3. The summed E-state index contributed by atoms with van der Waals surface area (Å²) >= 11 is 0. The molecule has 0 heterocycles. The summed E-state index contributed by atoms with van der Waals surface area (Å²) in [5, 5.41) is 16.1. The minimum atomic E-state index is -0.945. The Bertz CT molecular complexity index is 3790. The van der Waals surface area contributed by atoms with E-state index in [4.69, 9.17) is 16.6 Å². The number of amides is 3. The lowest BCUT2D eigenvalue weighted by Crippen LogP contribution is -2.52. The summed E-state index contributed by atoms with van der Waals surface area (Å²) < 4.78 is 0. The molecular formula is C113H182N8O5. The highest BCUT2D eigenvalue weighted by atomic mass is 16.4. The van der Waals surface area contributed by atoms with E-state index in [0.29, 0.717) is 76.1 Å². The van der Waals surface area contributed by atoms with E-state index < -0.39 is 29.9 Å². The maximum Gasteiger partial charge on any atom is 0.303 e. The van der Waals surface area contributed by atoms with Crippen LogP contribution >= 0.6 is 0 Å². The predicted octanol–water partition coefficient (Wildman–Crippen LogP) is 29.3. The van der Waals surface area contributed by atoms with E-state index in [-0.39, 0.29) is 37.1 Å². The van der Waals surface area contributed by atoms with Crippen molar-refractivity contribution in [2.75, 3.05) is 13.1 Å². The van der Waals surface area contributed by atoms with Gasteiger partial charge in [0.1, 0.15) is 12.1 Å². The molecule has 14 N–H and O–H groups in total. The van der Waals surface area contributed by atoms with Crippen LogP contribution in [-0.2, 0) is 54.7 Å². The number of hydrogen-bond acceptors (Lipinski definition) is 7. The topological polar surface area (TPSA) is 259 Å². The van der Waals surface area contributed by atoms with Crippen molar-refractivity contribution >= 4 is 29.7 Å². The van der Waals surface area contributed by atoms with E-state index in [1.165, 1.54) is 75.0 Å². The first-order chi connectivity index (χ1) is 57.9. The highest BCUT2D eigenvalue weighted by Crippen LogP contribution is 2.26. The highest BCUT2D eigenvalue weighted by molar-refractivity contribution is 5.91. The number of rotatable bonds is 18. The van der Waals surface area contributed by atoms with Crippen molar-refractivity contribution < 1.29 is 24.3 Å². The Kier molecular flexibility index (Phi) is 71.6. The molecule has 0 aliphatic rings. The Morgan fingerprint density at radius 2 is 0.635 bits per heavy atom. The minimum Gasteiger partial charge on any atom is -0.481 e. The summed E-state index contributed by atoms with van der Waals surface area (Å²) in [7, 11) is 0. The number of aliphatic imine (C=N–C) groups is 1. The van der Waals surface area contributed by atoms with Crippen LogP contribution < -0.4 is 39.7 Å². The number of aliphatic carboxylic acids is 1. The lowest BCUT2D eigenvalue weighted by atomic mass is 9.87. The first-order valence-electron chi connectivity index (χ1n) is 45.5. The fraction of sp³-hybridized carbons (Fsp3) is 0.478. The standard InChI is InChI=1S/C15H28N6O5.4C11H16.3C10H14.2C9H12.3C2H6.2H3N/c1-9(13(25)18-7-4-6-12(23)24)20-14(26)11(21-10(2)22)5-3-8-19-15(16)17;1-8(2)11-9(3)6-5-7-10(11)4;3*1-11(2,3)9-10-7-5-4-6-8-10;3*1-10(2,3)9-7-5-4-6-8-9;2*1-8(2)9-6-4-3-5-7-9;3*1-2;;/h9,11H,3-8H2,1-2H3,(H,18,25)(H,20,26)(H,21,22)(H,23,24)(H4,16,17,19);5-8H,1-4H3;3*4-8H,9H2,1-3H3;3*4-8H,1-3H3;2*3-8H,1-2H3;3*1-2H3;2*1H3/t9-,11-;;;;;;;;;;;;;;/m1............../s1. The monoisotopic (exact) mass is 1730 g/mol. The Morgan fingerprint density at radius 1 is 0.365 bits per heavy atom. The van der Waals surface area contributed by atoms with Gasteiger partial charge in [0.25, 0.3) is 0 Å². The van der Waals surface area contributed by atoms with Gasteiger partial charge in [0.15, 0.2) is 5.96 Å². The minimum absolute atomic E-state index is 0. The largest absolute Gasteiger partial charge is 0.481 e. The number of benzene rings is 9. The van der Waals surface area contributed by atoms with E-state index in [2.05, 4.69) is 450 Å². The molecule has 13 heteroatoms. The molecule has 704 valence electrons. The van der Waals surface area contributed by atoms with Crippen molar-refractivity contribution in [2.24, 2.45) is 32.7 Å². The van der Waals surface area contributed by atoms with Crippen molar-refractivity contribution in [3.8, 4) is 0 Å². The summed E-state index contributed by atoms with van der Waals surface area (Å²) in [5.41, 5.74) is 28.2. The zero-order valence-corrected chi connectivity index (χ0v) is 85.7. The summed E-state index contributed by atoms with van der Waals surface area (Å²) in [6, 6.07) is 89.4. The number of carbonyl (C=O) groups is 4. The van der Waals surface area contributed by atoms with Gasteiger partial charge in [-0.25, -0.2) is 0 Å². The summed E-state index contributed by atoms with van der Waals surface area (Å²) in [6.45, 7) is 73.4. The van der Waals surface area contributed by atoms with Gasteiger partial charge in [-0.15, -0.1) is 0 Å². The molecule has 0 unspecified atom stereocenters. The normalized spacial score (nSPS) is 10.8. The Hall–Kier alpha value is -9.95. The molecule has 0 saturated carbocycles. The maximum atomic E-state index is 12.3.